The average molecular weight is 359 g/mol. The van der Waals surface area contributed by atoms with Gasteiger partial charge < -0.3 is 10.2 Å². The molecule has 1 heterocycles. The van der Waals surface area contributed by atoms with Gasteiger partial charge in [0.15, 0.2) is 0 Å². The third kappa shape index (κ3) is 4.06. The number of nitriles is 1. The maximum Gasteiger partial charge on any atom is 0.243 e. The Labute approximate surface area is 137 Å². The van der Waals surface area contributed by atoms with Gasteiger partial charge in [0.05, 0.1) is 18.4 Å². The van der Waals surface area contributed by atoms with E-state index in [4.69, 9.17) is 5.26 Å². The van der Waals surface area contributed by atoms with E-state index in [1.807, 2.05) is 31.2 Å². The Morgan fingerprint density at radius 3 is 2.77 bits per heavy atom. The molecule has 0 unspecified atom stereocenters. The molecule has 0 atom stereocenters. The lowest BCUT2D eigenvalue weighted by atomic mass is 10.2. The molecule has 1 N–H and O–H groups in total. The molecule has 1 aromatic carbocycles. The number of nitrogens with one attached hydrogen (secondary N) is 1. The molecular formula is C16H15BrN4O. The summed E-state index contributed by atoms with van der Waals surface area (Å²) < 4.78 is 0.976. The van der Waals surface area contributed by atoms with Gasteiger partial charge in [0.1, 0.15) is 11.8 Å². The van der Waals surface area contributed by atoms with Crippen LogP contribution < -0.4 is 10.2 Å². The fraction of sp³-hybridized carbons (Fsp3) is 0.188. The zero-order chi connectivity index (χ0) is 16.1. The Kier molecular flexibility index (Phi) is 5.12. The van der Waals surface area contributed by atoms with Crippen molar-refractivity contribution in [2.75, 3.05) is 23.8 Å². The summed E-state index contributed by atoms with van der Waals surface area (Å²) in [5.74, 6) is -0.114. The fourth-order valence-electron chi connectivity index (χ4n) is 1.94. The summed E-state index contributed by atoms with van der Waals surface area (Å²) >= 11 is 3.39. The molecule has 0 spiro atoms. The van der Waals surface area contributed by atoms with Crippen molar-refractivity contribution in [3.05, 3.63) is 52.3 Å². The lowest BCUT2D eigenvalue weighted by Crippen LogP contribution is -2.30. The molecule has 0 aliphatic carbocycles. The van der Waals surface area contributed by atoms with E-state index in [0.717, 1.165) is 21.4 Å². The number of halogens is 1. The van der Waals surface area contributed by atoms with Crippen LogP contribution in [-0.2, 0) is 4.79 Å². The van der Waals surface area contributed by atoms with Crippen molar-refractivity contribution in [1.82, 2.24) is 4.98 Å². The maximum absolute atomic E-state index is 12.1. The second-order valence-electron chi connectivity index (χ2n) is 4.88. The first-order valence-electron chi connectivity index (χ1n) is 6.63. The van der Waals surface area contributed by atoms with Gasteiger partial charge >= 0.3 is 0 Å². The van der Waals surface area contributed by atoms with Gasteiger partial charge in [-0.25, -0.2) is 4.98 Å². The molecule has 2 aromatic rings. The molecule has 1 aromatic heterocycles. The Morgan fingerprint density at radius 2 is 2.18 bits per heavy atom. The molecule has 0 saturated heterocycles. The smallest absolute Gasteiger partial charge is 0.243 e. The minimum atomic E-state index is -0.114. The van der Waals surface area contributed by atoms with E-state index in [2.05, 4.69) is 26.2 Å². The van der Waals surface area contributed by atoms with Crippen LogP contribution in [-0.4, -0.2) is 24.5 Å². The molecule has 0 radical (unpaired) electrons. The monoisotopic (exact) mass is 358 g/mol. The number of benzene rings is 1. The van der Waals surface area contributed by atoms with Gasteiger partial charge in [-0.3, -0.25) is 4.79 Å². The van der Waals surface area contributed by atoms with Crippen LogP contribution in [0.1, 0.15) is 11.3 Å². The first kappa shape index (κ1) is 16.0. The number of carbonyl (C=O) groups excluding carboxylic acids is 1. The van der Waals surface area contributed by atoms with E-state index >= 15 is 0 Å². The number of amides is 1. The molecule has 112 valence electrons. The van der Waals surface area contributed by atoms with E-state index < -0.39 is 0 Å². The predicted octanol–water partition coefficient (Wildman–Crippen LogP) is 3.10. The quantitative estimate of drug-likeness (QED) is 0.911. The second kappa shape index (κ2) is 7.05. The van der Waals surface area contributed by atoms with Gasteiger partial charge in [-0.05, 0) is 42.8 Å². The summed E-state index contributed by atoms with van der Waals surface area (Å²) in [6.45, 7) is 2.14. The van der Waals surface area contributed by atoms with Crippen molar-refractivity contribution in [3.8, 4) is 6.07 Å². The van der Waals surface area contributed by atoms with Crippen LogP contribution in [0.3, 0.4) is 0 Å². The fourth-order valence-corrected chi connectivity index (χ4v) is 2.42. The van der Waals surface area contributed by atoms with Gasteiger partial charge in [0.25, 0.3) is 0 Å². The highest BCUT2D eigenvalue weighted by Crippen LogP contribution is 2.20. The lowest BCUT2D eigenvalue weighted by molar-refractivity contribution is -0.114. The van der Waals surface area contributed by atoms with Crippen LogP contribution >= 0.6 is 15.9 Å². The predicted molar refractivity (Wildman–Crippen MR) is 89.7 cm³/mol. The van der Waals surface area contributed by atoms with Crippen molar-refractivity contribution >= 4 is 33.2 Å². The largest absolute Gasteiger partial charge is 0.364 e. The number of nitrogens with zero attached hydrogens (tertiary/aromatic N) is 3. The van der Waals surface area contributed by atoms with Crippen LogP contribution in [0.15, 0.2) is 41.0 Å². The SMILES string of the molecule is Cc1cc(Br)ccc1NC(=O)CN(C)c1ccc(C#N)nc1. The number of pyridine rings is 1. The van der Waals surface area contributed by atoms with Crippen LogP contribution in [0.2, 0.25) is 0 Å². The summed E-state index contributed by atoms with van der Waals surface area (Å²) in [6.07, 6.45) is 1.58. The number of likely N-dealkylation sites (N-methyl/N-ethyl adjacent to an activating group) is 1. The summed E-state index contributed by atoms with van der Waals surface area (Å²) in [4.78, 5) is 17.9. The van der Waals surface area contributed by atoms with Gasteiger partial charge in [-0.2, -0.15) is 5.26 Å². The Bertz CT molecular complexity index is 722. The molecule has 2 rings (SSSR count). The molecule has 22 heavy (non-hydrogen) atoms. The number of rotatable bonds is 4. The highest BCUT2D eigenvalue weighted by Gasteiger charge is 2.09. The van der Waals surface area contributed by atoms with Gasteiger partial charge in [0.2, 0.25) is 5.91 Å². The first-order chi connectivity index (χ1) is 10.5. The molecule has 0 aliphatic rings. The number of aromatic nitrogens is 1. The van der Waals surface area contributed by atoms with E-state index in [-0.39, 0.29) is 12.5 Å². The number of hydrogen-bond acceptors (Lipinski definition) is 4. The number of carbonyl (C=O) groups is 1. The number of anilines is 2. The van der Waals surface area contributed by atoms with Crippen molar-refractivity contribution in [3.63, 3.8) is 0 Å². The highest BCUT2D eigenvalue weighted by molar-refractivity contribution is 9.10. The van der Waals surface area contributed by atoms with E-state index in [0.29, 0.717) is 5.69 Å². The number of aryl methyl sites for hydroxylation is 1. The van der Waals surface area contributed by atoms with Crippen LogP contribution in [0.4, 0.5) is 11.4 Å². The number of hydrogen-bond donors (Lipinski definition) is 1. The zero-order valence-electron chi connectivity index (χ0n) is 12.3. The van der Waals surface area contributed by atoms with Crippen LogP contribution in [0, 0.1) is 18.3 Å². The summed E-state index contributed by atoms with van der Waals surface area (Å²) in [5.41, 5.74) is 2.92. The summed E-state index contributed by atoms with van der Waals surface area (Å²) in [7, 11) is 1.80. The average Bonchev–Trinajstić information content (AvgIpc) is 2.50. The lowest BCUT2D eigenvalue weighted by Gasteiger charge is -2.18. The molecule has 5 nitrogen and oxygen atoms in total. The molecule has 0 bridgehead atoms. The standard InChI is InChI=1S/C16H15BrN4O/c1-11-7-12(17)3-6-15(11)20-16(22)10-21(2)14-5-4-13(8-18)19-9-14/h3-7,9H,10H2,1-2H3,(H,20,22). The van der Waals surface area contributed by atoms with E-state index in [9.17, 15) is 4.79 Å². The summed E-state index contributed by atoms with van der Waals surface area (Å²) in [5, 5.41) is 11.6. The topological polar surface area (TPSA) is 69.0 Å². The Morgan fingerprint density at radius 1 is 1.41 bits per heavy atom. The summed E-state index contributed by atoms with van der Waals surface area (Å²) in [6, 6.07) is 11.1. The van der Waals surface area contributed by atoms with Crippen LogP contribution in [0.25, 0.3) is 0 Å². The Balaban J connectivity index is 2.00. The normalized spacial score (nSPS) is 9.91. The van der Waals surface area contributed by atoms with Gasteiger partial charge in [-0.15, -0.1) is 0 Å². The molecule has 0 aliphatic heterocycles. The molecule has 0 fully saturated rings. The minimum absolute atomic E-state index is 0.114. The van der Waals surface area contributed by atoms with Crippen LogP contribution in [0.5, 0.6) is 0 Å². The third-order valence-electron chi connectivity index (χ3n) is 3.15. The highest BCUT2D eigenvalue weighted by atomic mass is 79.9. The van der Waals surface area contributed by atoms with Gasteiger partial charge in [-0.1, -0.05) is 15.9 Å². The van der Waals surface area contributed by atoms with Crippen molar-refractivity contribution in [2.24, 2.45) is 0 Å². The van der Waals surface area contributed by atoms with E-state index in [1.54, 1.807) is 30.3 Å². The maximum atomic E-state index is 12.1. The van der Waals surface area contributed by atoms with Crippen molar-refractivity contribution in [1.29, 1.82) is 5.26 Å². The third-order valence-corrected chi connectivity index (χ3v) is 3.64. The molecule has 6 heteroatoms. The first-order valence-corrected chi connectivity index (χ1v) is 7.42. The van der Waals surface area contributed by atoms with E-state index in [1.165, 1.54) is 0 Å². The molecular weight excluding hydrogens is 344 g/mol. The Hall–Kier alpha value is -2.39. The van der Waals surface area contributed by atoms with Gasteiger partial charge in [0, 0.05) is 17.2 Å². The van der Waals surface area contributed by atoms with Crippen molar-refractivity contribution in [2.45, 2.75) is 6.92 Å². The second-order valence-corrected chi connectivity index (χ2v) is 5.79. The van der Waals surface area contributed by atoms with Crippen molar-refractivity contribution < 1.29 is 4.79 Å². The molecule has 0 saturated carbocycles. The molecule has 1 amide bonds. The minimum Gasteiger partial charge on any atom is -0.364 e. The zero-order valence-corrected chi connectivity index (χ0v) is 13.9.